The van der Waals surface area contributed by atoms with E-state index in [2.05, 4.69) is 42.6 Å². The molecule has 0 amide bonds. The molecule has 0 fully saturated rings. The Hall–Kier alpha value is -2.26. The van der Waals surface area contributed by atoms with Gasteiger partial charge in [0.2, 0.25) is 0 Å². The van der Waals surface area contributed by atoms with E-state index in [-0.39, 0.29) is 6.04 Å². The van der Waals surface area contributed by atoms with Crippen molar-refractivity contribution < 1.29 is 9.15 Å². The molecule has 1 heterocycles. The van der Waals surface area contributed by atoms with E-state index in [0.29, 0.717) is 0 Å². The highest BCUT2D eigenvalue weighted by Crippen LogP contribution is 2.33. The summed E-state index contributed by atoms with van der Waals surface area (Å²) in [6.07, 6.45) is 0. The van der Waals surface area contributed by atoms with Crippen LogP contribution < -0.4 is 10.1 Å². The number of fused-ring (bicyclic) bond motifs is 1. The van der Waals surface area contributed by atoms with Crippen molar-refractivity contribution in [3.05, 3.63) is 65.4 Å². The number of benzene rings is 2. The zero-order valence-corrected chi connectivity index (χ0v) is 12.5. The Kier molecular flexibility index (Phi) is 3.67. The molecule has 0 saturated heterocycles. The van der Waals surface area contributed by atoms with Crippen LogP contribution in [0.4, 0.5) is 0 Å². The van der Waals surface area contributed by atoms with Crippen LogP contribution in [0.15, 0.2) is 52.9 Å². The average Bonchev–Trinajstić information content (AvgIpc) is 2.94. The molecule has 0 aliphatic carbocycles. The number of methoxy groups -OCH3 is 1. The third-order valence-corrected chi connectivity index (χ3v) is 3.78. The molecule has 3 rings (SSSR count). The van der Waals surface area contributed by atoms with Crippen molar-refractivity contribution >= 4 is 11.0 Å². The van der Waals surface area contributed by atoms with E-state index in [4.69, 9.17) is 9.15 Å². The first kappa shape index (κ1) is 13.7. The van der Waals surface area contributed by atoms with Gasteiger partial charge in [-0.3, -0.25) is 0 Å². The second-order valence-corrected chi connectivity index (χ2v) is 5.11. The normalized spacial score (nSPS) is 12.5. The van der Waals surface area contributed by atoms with Crippen LogP contribution in [0.3, 0.4) is 0 Å². The standard InChI is InChI=1S/C18H19NO2/c1-12-7-6-8-13-11-16(21-18(12)13)17(19-2)14-9-4-5-10-15(14)20-3/h4-11,17,19H,1-3H3. The van der Waals surface area contributed by atoms with Gasteiger partial charge in [-0.2, -0.15) is 0 Å². The van der Waals surface area contributed by atoms with Crippen molar-refractivity contribution in [3.8, 4) is 5.75 Å². The smallest absolute Gasteiger partial charge is 0.137 e. The fourth-order valence-corrected chi connectivity index (χ4v) is 2.73. The van der Waals surface area contributed by atoms with Gasteiger partial charge >= 0.3 is 0 Å². The van der Waals surface area contributed by atoms with Gasteiger partial charge in [0.1, 0.15) is 17.1 Å². The van der Waals surface area contributed by atoms with E-state index >= 15 is 0 Å². The minimum Gasteiger partial charge on any atom is -0.496 e. The molecule has 2 aromatic carbocycles. The molecule has 108 valence electrons. The van der Waals surface area contributed by atoms with Gasteiger partial charge in [-0.25, -0.2) is 0 Å². The first-order chi connectivity index (χ1) is 10.2. The number of ether oxygens (including phenoxy) is 1. The quantitative estimate of drug-likeness (QED) is 0.783. The molecule has 1 N–H and O–H groups in total. The molecule has 1 unspecified atom stereocenters. The lowest BCUT2D eigenvalue weighted by Crippen LogP contribution is -2.17. The van der Waals surface area contributed by atoms with E-state index in [1.807, 2.05) is 25.2 Å². The summed E-state index contributed by atoms with van der Waals surface area (Å²) in [6.45, 7) is 2.06. The van der Waals surface area contributed by atoms with Gasteiger partial charge in [0.15, 0.2) is 0 Å². The lowest BCUT2D eigenvalue weighted by atomic mass is 10.0. The summed E-state index contributed by atoms with van der Waals surface area (Å²) in [7, 11) is 3.62. The van der Waals surface area contributed by atoms with Gasteiger partial charge in [-0.1, -0.05) is 36.4 Å². The largest absolute Gasteiger partial charge is 0.496 e. The van der Waals surface area contributed by atoms with Gasteiger partial charge in [0, 0.05) is 10.9 Å². The van der Waals surface area contributed by atoms with Crippen molar-refractivity contribution in [2.75, 3.05) is 14.2 Å². The van der Waals surface area contributed by atoms with Crippen LogP contribution in [0.25, 0.3) is 11.0 Å². The maximum absolute atomic E-state index is 6.09. The molecular weight excluding hydrogens is 262 g/mol. The van der Waals surface area contributed by atoms with Crippen molar-refractivity contribution in [2.45, 2.75) is 13.0 Å². The monoisotopic (exact) mass is 281 g/mol. The molecule has 3 aromatic rings. The number of hydrogen-bond donors (Lipinski definition) is 1. The maximum Gasteiger partial charge on any atom is 0.137 e. The Balaban J connectivity index is 2.12. The first-order valence-corrected chi connectivity index (χ1v) is 7.04. The predicted molar refractivity (Wildman–Crippen MR) is 84.8 cm³/mol. The summed E-state index contributed by atoms with van der Waals surface area (Å²) in [5.74, 6) is 1.75. The molecule has 0 radical (unpaired) electrons. The van der Waals surface area contributed by atoms with Crippen LogP contribution in [-0.4, -0.2) is 14.2 Å². The van der Waals surface area contributed by atoms with Crippen LogP contribution in [0, 0.1) is 6.92 Å². The van der Waals surface area contributed by atoms with Gasteiger partial charge in [-0.15, -0.1) is 0 Å². The zero-order valence-electron chi connectivity index (χ0n) is 12.5. The molecule has 21 heavy (non-hydrogen) atoms. The van der Waals surface area contributed by atoms with Crippen molar-refractivity contribution in [2.24, 2.45) is 0 Å². The van der Waals surface area contributed by atoms with E-state index in [9.17, 15) is 0 Å². The molecule has 1 aromatic heterocycles. The molecule has 3 heteroatoms. The summed E-state index contributed by atoms with van der Waals surface area (Å²) in [5, 5.41) is 4.44. The number of rotatable bonds is 4. The topological polar surface area (TPSA) is 34.4 Å². The van der Waals surface area contributed by atoms with Crippen LogP contribution in [0.1, 0.15) is 22.9 Å². The van der Waals surface area contributed by atoms with Crippen LogP contribution >= 0.6 is 0 Å². The maximum atomic E-state index is 6.09. The molecule has 0 aliphatic rings. The summed E-state index contributed by atoms with van der Waals surface area (Å²) in [5.41, 5.74) is 3.16. The minimum atomic E-state index is -0.0343. The molecule has 0 spiro atoms. The summed E-state index contributed by atoms with van der Waals surface area (Å²) >= 11 is 0. The number of hydrogen-bond acceptors (Lipinski definition) is 3. The second kappa shape index (κ2) is 5.62. The van der Waals surface area contributed by atoms with Gasteiger partial charge in [-0.05, 0) is 31.7 Å². The van der Waals surface area contributed by atoms with Gasteiger partial charge in [0.25, 0.3) is 0 Å². The average molecular weight is 281 g/mol. The summed E-state index contributed by atoms with van der Waals surface area (Å²) in [6, 6.07) is 16.2. The van der Waals surface area contributed by atoms with Crippen LogP contribution in [0.5, 0.6) is 5.75 Å². The molecule has 1 atom stereocenters. The van der Waals surface area contributed by atoms with Gasteiger partial charge < -0.3 is 14.5 Å². The lowest BCUT2D eigenvalue weighted by molar-refractivity contribution is 0.399. The van der Waals surface area contributed by atoms with Crippen molar-refractivity contribution in [1.29, 1.82) is 0 Å². The van der Waals surface area contributed by atoms with E-state index in [0.717, 1.165) is 33.6 Å². The fraction of sp³-hybridized carbons (Fsp3) is 0.222. The van der Waals surface area contributed by atoms with E-state index in [1.165, 1.54) is 0 Å². The molecule has 0 saturated carbocycles. The van der Waals surface area contributed by atoms with E-state index < -0.39 is 0 Å². The third kappa shape index (κ3) is 2.41. The lowest BCUT2D eigenvalue weighted by Gasteiger charge is -2.17. The Morgan fingerprint density at radius 2 is 1.90 bits per heavy atom. The van der Waals surface area contributed by atoms with Gasteiger partial charge in [0.05, 0.1) is 13.2 Å². The number of aryl methyl sites for hydroxylation is 1. The summed E-state index contributed by atoms with van der Waals surface area (Å²) < 4.78 is 11.6. The Morgan fingerprint density at radius 3 is 2.62 bits per heavy atom. The molecule has 3 nitrogen and oxygen atoms in total. The highest BCUT2D eigenvalue weighted by Gasteiger charge is 2.20. The first-order valence-electron chi connectivity index (χ1n) is 7.04. The highest BCUT2D eigenvalue weighted by atomic mass is 16.5. The third-order valence-electron chi connectivity index (χ3n) is 3.78. The SMILES string of the molecule is CNC(c1cc2cccc(C)c2o1)c1ccccc1OC. The van der Waals surface area contributed by atoms with E-state index in [1.54, 1.807) is 7.11 Å². The Labute approximate surface area is 124 Å². The Morgan fingerprint density at radius 1 is 1.10 bits per heavy atom. The summed E-state index contributed by atoms with van der Waals surface area (Å²) in [4.78, 5) is 0. The predicted octanol–water partition coefficient (Wildman–Crippen LogP) is 4.06. The van der Waals surface area contributed by atoms with Crippen LogP contribution in [-0.2, 0) is 0 Å². The van der Waals surface area contributed by atoms with Crippen LogP contribution in [0.2, 0.25) is 0 Å². The fourth-order valence-electron chi connectivity index (χ4n) is 2.73. The second-order valence-electron chi connectivity index (χ2n) is 5.11. The number of para-hydroxylation sites is 2. The highest BCUT2D eigenvalue weighted by molar-refractivity contribution is 5.81. The van der Waals surface area contributed by atoms with Crippen molar-refractivity contribution in [3.63, 3.8) is 0 Å². The molecule has 0 bridgehead atoms. The Bertz CT molecular complexity index is 761. The minimum absolute atomic E-state index is 0.0343. The number of nitrogens with one attached hydrogen (secondary N) is 1. The van der Waals surface area contributed by atoms with Crippen molar-refractivity contribution in [1.82, 2.24) is 5.32 Å². The molecule has 0 aliphatic heterocycles. The zero-order chi connectivity index (χ0) is 14.8. The molecular formula is C18H19NO2. The number of furan rings is 1.